The Bertz CT molecular complexity index is 7600. The zero-order chi connectivity index (χ0) is 45.0. The molecule has 0 N–H and O–H groups in total. The maximum Gasteiger partial charge on any atom is 0.122 e. The minimum Gasteiger partial charge on any atom is -0.496 e. The van der Waals surface area contributed by atoms with Gasteiger partial charge in [0.15, 0.2) is 0 Å². The quantitative estimate of drug-likeness (QED) is 0.164. The summed E-state index contributed by atoms with van der Waals surface area (Å²) in [5, 5.41) is 85.6. The molecule has 75 heavy (non-hydrogen) atoms. The fraction of sp³-hybridized carbons (Fsp3) is 0.111. The minimum absolute atomic E-state index is 0.424. The van der Waals surface area contributed by atoms with Crippen molar-refractivity contribution in [1.82, 2.24) is 4.90 Å². The molecular formula is C72H17NO2. The lowest BCUT2D eigenvalue weighted by Gasteiger charge is -2.54. The van der Waals surface area contributed by atoms with Crippen LogP contribution in [0.1, 0.15) is 38.9 Å². The van der Waals surface area contributed by atoms with E-state index in [0.29, 0.717) is 0 Å². The van der Waals surface area contributed by atoms with Crippen LogP contribution in [-0.2, 0) is 22.1 Å². The molecule has 34 rings (SSSR count). The number of ether oxygens (including phenoxy) is 2. The molecule has 2 unspecified atom stereocenters. The van der Waals surface area contributed by atoms with Crippen molar-refractivity contribution in [2.75, 3.05) is 33.4 Å². The Morgan fingerprint density at radius 2 is 0.573 bits per heavy atom. The van der Waals surface area contributed by atoms with Crippen molar-refractivity contribution in [3.63, 3.8) is 0 Å². The van der Waals surface area contributed by atoms with Crippen molar-refractivity contribution >= 4 is 280 Å². The van der Waals surface area contributed by atoms with E-state index in [1.807, 2.05) is 7.11 Å². The average Bonchev–Trinajstić information content (AvgIpc) is 4.26. The first-order chi connectivity index (χ1) is 37.4. The van der Waals surface area contributed by atoms with E-state index in [-0.39, 0.29) is 0 Å². The van der Waals surface area contributed by atoms with Gasteiger partial charge in [-0.25, -0.2) is 0 Å². The van der Waals surface area contributed by atoms with Crippen LogP contribution in [0.2, 0.25) is 0 Å². The van der Waals surface area contributed by atoms with E-state index >= 15 is 0 Å². The van der Waals surface area contributed by atoms with Gasteiger partial charge in [0, 0.05) is 13.1 Å². The molecule has 3 nitrogen and oxygen atoms in total. The smallest absolute Gasteiger partial charge is 0.122 e. The molecular weight excluding hydrogens is 911 g/mol. The number of morpholine rings is 1. The minimum atomic E-state index is -0.448. The standard InChI is InChI=1S/C72H17NO2/c1-74-12-5-3-2-4-11(12)10-71-65-57-48-41-28-21-15-16-18-14-13-17(15)26(28)32-30-19(13)23-20(14)31-33-27(18)29-22(16)25-24(21)35-43-36(25)45-42(29)49-47(33)51-38(31)40-34(23)39-37(30)50(46(32)48)61(65)63-52(39)53(40)64-62(51)66-58(49)55(45)60-56(43)59(54(57)44(35)41)67(71)69(60)72(66,70(64)68(63)71)73-6-8-75-9-7-73/h2-5H,6-10H2,1H3. The van der Waals surface area contributed by atoms with E-state index < -0.39 is 11.0 Å². The molecule has 1 aliphatic heterocycles. The summed E-state index contributed by atoms with van der Waals surface area (Å²) >= 11 is 0. The largest absolute Gasteiger partial charge is 0.496 e. The van der Waals surface area contributed by atoms with Gasteiger partial charge in [0.2, 0.25) is 0 Å². The third-order valence-electron chi connectivity index (χ3n) is 26.5. The van der Waals surface area contributed by atoms with E-state index in [4.69, 9.17) is 9.47 Å². The van der Waals surface area contributed by atoms with Crippen molar-refractivity contribution in [1.29, 1.82) is 0 Å². The Kier molecular flexibility index (Phi) is 2.72. The van der Waals surface area contributed by atoms with Crippen molar-refractivity contribution in [3.8, 4) is 5.75 Å². The molecule has 0 saturated carbocycles. The summed E-state index contributed by atoms with van der Waals surface area (Å²) in [5.41, 5.74) is 10.7. The van der Waals surface area contributed by atoms with Crippen molar-refractivity contribution in [2.45, 2.75) is 17.4 Å². The van der Waals surface area contributed by atoms with E-state index in [0.717, 1.165) is 38.5 Å². The third kappa shape index (κ3) is 1.68. The van der Waals surface area contributed by atoms with Crippen molar-refractivity contribution < 1.29 is 9.47 Å². The first-order valence-electron chi connectivity index (χ1n) is 28.1. The topological polar surface area (TPSA) is 21.7 Å². The molecule has 322 valence electrons. The second-order valence-corrected chi connectivity index (χ2v) is 27.0. The van der Waals surface area contributed by atoms with Gasteiger partial charge in [0.05, 0.1) is 25.7 Å². The van der Waals surface area contributed by atoms with Crippen LogP contribution in [0.25, 0.3) is 280 Å². The molecule has 0 radical (unpaired) electrons. The van der Waals surface area contributed by atoms with Crippen LogP contribution in [0, 0.1) is 0 Å². The summed E-state index contributed by atoms with van der Waals surface area (Å²) < 4.78 is 13.1. The summed E-state index contributed by atoms with van der Waals surface area (Å²) in [6.45, 7) is 3.42. The molecule has 28 aromatic carbocycles. The van der Waals surface area contributed by atoms with Gasteiger partial charge in [0.1, 0.15) is 11.3 Å². The fourth-order valence-electron chi connectivity index (χ4n) is 26.1. The predicted molar refractivity (Wildman–Crippen MR) is 311 cm³/mol. The Morgan fingerprint density at radius 3 is 0.947 bits per heavy atom. The van der Waals surface area contributed by atoms with E-state index in [1.165, 1.54) is 5.56 Å². The van der Waals surface area contributed by atoms with Crippen molar-refractivity contribution in [3.05, 3.63) is 63.2 Å². The van der Waals surface area contributed by atoms with Gasteiger partial charge in [-0.2, -0.15) is 0 Å². The van der Waals surface area contributed by atoms with Gasteiger partial charge in [-0.15, -0.1) is 0 Å². The highest BCUT2D eigenvalue weighted by Gasteiger charge is 2.68. The monoisotopic (exact) mass is 927 g/mol. The molecule has 0 aromatic heterocycles. The van der Waals surface area contributed by atoms with Gasteiger partial charge in [-0.1, -0.05) is 18.2 Å². The molecule has 5 aliphatic carbocycles. The average molecular weight is 928 g/mol. The second-order valence-electron chi connectivity index (χ2n) is 27.0. The second kappa shape index (κ2) is 6.96. The lowest BCUT2D eigenvalue weighted by atomic mass is 9.54. The third-order valence-corrected chi connectivity index (χ3v) is 26.5. The number of benzene rings is 18. The van der Waals surface area contributed by atoms with Crippen LogP contribution in [0.5, 0.6) is 5.75 Å². The Labute approximate surface area is 412 Å². The number of para-hydroxylation sites is 1. The number of methoxy groups -OCH3 is 1. The molecule has 6 aliphatic rings. The number of hydrogen-bond donors (Lipinski definition) is 0. The molecule has 0 amide bonds. The van der Waals surface area contributed by atoms with Gasteiger partial charge in [-0.05, 0) is 332 Å². The SMILES string of the molecule is COc1ccccc1CC12c3c4c5c6c7c8c9c%10c(c1c1c%11c2c2c%12c3c5c3c5c%12c%12c2c2c%11c%11c%13c1c%10c1c%10c9c9c7c7c6c3c3c5c5c%12c6c2c%11c2c(c%131)c1c%10c9c9c7c3c3c9c1c2c6c53)C48N1CCOCC1. The van der Waals surface area contributed by atoms with Crippen LogP contribution in [0.4, 0.5) is 0 Å². The first-order valence-corrected chi connectivity index (χ1v) is 28.1. The summed E-state index contributed by atoms with van der Waals surface area (Å²) in [6, 6.07) is 9.24. The maximum absolute atomic E-state index is 6.58. The highest BCUT2D eigenvalue weighted by Crippen LogP contribution is 2.84. The van der Waals surface area contributed by atoms with Crippen molar-refractivity contribution in [2.24, 2.45) is 0 Å². The first kappa shape index (κ1) is 29.3. The van der Waals surface area contributed by atoms with Crippen LogP contribution >= 0.6 is 0 Å². The number of nitrogens with zero attached hydrogens (tertiary/aromatic N) is 1. The van der Waals surface area contributed by atoms with Crippen LogP contribution in [0.3, 0.4) is 0 Å². The Hall–Kier alpha value is -8.60. The molecule has 2 atom stereocenters. The van der Waals surface area contributed by atoms with Gasteiger partial charge >= 0.3 is 0 Å². The maximum atomic E-state index is 6.58. The zero-order valence-electron chi connectivity index (χ0n) is 39.1. The molecule has 0 spiro atoms. The van der Waals surface area contributed by atoms with Gasteiger partial charge in [0.25, 0.3) is 0 Å². The number of rotatable bonds is 4. The number of hydrogen-bond acceptors (Lipinski definition) is 3. The predicted octanol–water partition coefficient (Wildman–Crippen LogP) is 17.5. The lowest BCUT2D eigenvalue weighted by molar-refractivity contribution is 0.00288. The molecule has 3 heteroatoms. The summed E-state index contributed by atoms with van der Waals surface area (Å²) in [5.74, 6) is 1.03. The fourth-order valence-corrected chi connectivity index (χ4v) is 26.1. The summed E-state index contributed by atoms with van der Waals surface area (Å²) in [7, 11) is 1.93. The molecule has 28 aromatic rings. The Balaban J connectivity index is 1.13. The molecule has 1 saturated heterocycles. The normalized spacial score (nSPS) is 22.6. The van der Waals surface area contributed by atoms with Crippen LogP contribution in [0.15, 0.2) is 24.3 Å². The van der Waals surface area contributed by atoms with E-state index in [1.54, 1.807) is 313 Å². The van der Waals surface area contributed by atoms with E-state index in [2.05, 4.69) is 29.2 Å². The Morgan fingerprint density at radius 1 is 0.320 bits per heavy atom. The van der Waals surface area contributed by atoms with Crippen LogP contribution < -0.4 is 4.74 Å². The highest BCUT2D eigenvalue weighted by atomic mass is 16.5. The van der Waals surface area contributed by atoms with Gasteiger partial charge in [-0.3, -0.25) is 4.90 Å². The van der Waals surface area contributed by atoms with E-state index in [9.17, 15) is 0 Å². The molecule has 1 fully saturated rings. The summed E-state index contributed by atoms with van der Waals surface area (Å²) in [6.07, 6.45) is 0.897. The summed E-state index contributed by atoms with van der Waals surface area (Å²) in [4.78, 5) is 3.08. The van der Waals surface area contributed by atoms with Crippen LogP contribution in [-0.4, -0.2) is 38.3 Å². The zero-order valence-corrected chi connectivity index (χ0v) is 39.1. The molecule has 0 bridgehead atoms. The highest BCUT2D eigenvalue weighted by molar-refractivity contribution is 6.81. The molecule has 1 heterocycles. The lowest BCUT2D eigenvalue weighted by Crippen LogP contribution is -2.56. The van der Waals surface area contributed by atoms with Gasteiger partial charge < -0.3 is 9.47 Å².